The molecule has 0 saturated heterocycles. The fraction of sp³-hybridized carbons (Fsp3) is 0.636. The highest BCUT2D eigenvalue weighted by Crippen LogP contribution is 2.25. The Balaban J connectivity index is 2.46. The number of carbonyl (C=O) groups is 1. The van der Waals surface area contributed by atoms with Gasteiger partial charge in [0.05, 0.1) is 5.69 Å². The van der Waals surface area contributed by atoms with E-state index in [1.165, 1.54) is 0 Å². The van der Waals surface area contributed by atoms with Gasteiger partial charge in [-0.3, -0.25) is 0 Å². The molecule has 1 atom stereocenters. The molecule has 0 bridgehead atoms. The summed E-state index contributed by atoms with van der Waals surface area (Å²) in [6.45, 7) is 1.96. The molecule has 5 heteroatoms. The first-order chi connectivity index (χ1) is 7.65. The number of nitrogens with zero attached hydrogens (tertiary/aromatic N) is 2. The molecule has 0 fully saturated rings. The van der Waals surface area contributed by atoms with Gasteiger partial charge in [-0.05, 0) is 32.6 Å². The van der Waals surface area contributed by atoms with Gasteiger partial charge in [-0.1, -0.05) is 0 Å². The molecule has 0 amide bonds. The summed E-state index contributed by atoms with van der Waals surface area (Å²) in [5.41, 5.74) is 7.67. The molecule has 0 aromatic carbocycles. The molecule has 1 aliphatic carbocycles. The van der Waals surface area contributed by atoms with Crippen LogP contribution in [0.5, 0.6) is 0 Å². The second kappa shape index (κ2) is 4.25. The predicted octanol–water partition coefficient (Wildman–Crippen LogP) is 0.655. The molecule has 2 rings (SSSR count). The van der Waals surface area contributed by atoms with Crippen molar-refractivity contribution in [3.05, 3.63) is 17.2 Å². The van der Waals surface area contributed by atoms with Gasteiger partial charge in [0.15, 0.2) is 0 Å². The number of hydrogen-bond donors (Lipinski definition) is 2. The zero-order valence-corrected chi connectivity index (χ0v) is 9.44. The lowest BCUT2D eigenvalue weighted by atomic mass is 10.0. The van der Waals surface area contributed by atoms with Crippen molar-refractivity contribution in [2.45, 2.75) is 38.6 Å². The van der Waals surface area contributed by atoms with Gasteiger partial charge in [-0.15, -0.1) is 0 Å². The largest absolute Gasteiger partial charge is 0.480 e. The molecular formula is C11H17N3O2. The highest BCUT2D eigenvalue weighted by molar-refractivity contribution is 5.72. The van der Waals surface area contributed by atoms with Gasteiger partial charge in [0.25, 0.3) is 0 Å². The van der Waals surface area contributed by atoms with E-state index < -0.39 is 12.0 Å². The Morgan fingerprint density at radius 3 is 2.88 bits per heavy atom. The summed E-state index contributed by atoms with van der Waals surface area (Å²) in [6.07, 6.45) is 4.12. The van der Waals surface area contributed by atoms with Gasteiger partial charge in [0, 0.05) is 12.2 Å². The Labute approximate surface area is 94.3 Å². The number of aliphatic carboxylic acids is 1. The Hall–Kier alpha value is -1.36. The van der Waals surface area contributed by atoms with E-state index in [1.54, 1.807) is 4.57 Å². The molecule has 5 nitrogen and oxygen atoms in total. The molecule has 16 heavy (non-hydrogen) atoms. The van der Waals surface area contributed by atoms with Crippen LogP contribution in [-0.4, -0.2) is 27.2 Å². The van der Waals surface area contributed by atoms with Crippen molar-refractivity contribution in [2.75, 3.05) is 6.54 Å². The van der Waals surface area contributed by atoms with Gasteiger partial charge in [-0.2, -0.15) is 0 Å². The number of aryl methyl sites for hydroxylation is 2. The first-order valence-electron chi connectivity index (χ1n) is 5.64. The summed E-state index contributed by atoms with van der Waals surface area (Å²) >= 11 is 0. The minimum Gasteiger partial charge on any atom is -0.480 e. The van der Waals surface area contributed by atoms with Crippen molar-refractivity contribution in [3.8, 4) is 0 Å². The summed E-state index contributed by atoms with van der Waals surface area (Å²) in [4.78, 5) is 15.6. The van der Waals surface area contributed by atoms with Crippen LogP contribution >= 0.6 is 0 Å². The first kappa shape index (κ1) is 11.1. The van der Waals surface area contributed by atoms with Crippen LogP contribution < -0.4 is 5.73 Å². The molecule has 0 saturated carbocycles. The number of imidazole rings is 1. The van der Waals surface area contributed by atoms with Crippen LogP contribution in [0, 0.1) is 6.92 Å². The van der Waals surface area contributed by atoms with Crippen molar-refractivity contribution in [1.82, 2.24) is 9.55 Å². The number of hydrogen-bond acceptors (Lipinski definition) is 3. The van der Waals surface area contributed by atoms with E-state index in [4.69, 9.17) is 10.8 Å². The maximum absolute atomic E-state index is 11.1. The third-order valence-corrected chi connectivity index (χ3v) is 3.17. The lowest BCUT2D eigenvalue weighted by Gasteiger charge is -2.19. The second-order valence-electron chi connectivity index (χ2n) is 4.22. The number of aromatic nitrogens is 2. The smallest absolute Gasteiger partial charge is 0.328 e. The number of fused-ring (bicyclic) bond motifs is 1. The van der Waals surface area contributed by atoms with Crippen molar-refractivity contribution in [3.63, 3.8) is 0 Å². The van der Waals surface area contributed by atoms with Crippen molar-refractivity contribution in [2.24, 2.45) is 5.73 Å². The zero-order valence-electron chi connectivity index (χ0n) is 9.44. The minimum absolute atomic E-state index is 0.110. The average Bonchev–Trinajstić information content (AvgIpc) is 2.57. The van der Waals surface area contributed by atoms with Crippen LogP contribution in [0.2, 0.25) is 0 Å². The van der Waals surface area contributed by atoms with E-state index in [1.807, 2.05) is 6.92 Å². The third kappa shape index (κ3) is 1.71. The topological polar surface area (TPSA) is 81.1 Å². The Kier molecular flexibility index (Phi) is 2.96. The normalized spacial score (nSPS) is 16.9. The van der Waals surface area contributed by atoms with E-state index in [-0.39, 0.29) is 6.54 Å². The average molecular weight is 223 g/mol. The zero-order chi connectivity index (χ0) is 11.7. The van der Waals surface area contributed by atoms with Crippen LogP contribution in [-0.2, 0) is 17.6 Å². The Morgan fingerprint density at radius 2 is 2.25 bits per heavy atom. The second-order valence-corrected chi connectivity index (χ2v) is 4.22. The molecule has 1 aliphatic rings. The van der Waals surface area contributed by atoms with Crippen molar-refractivity contribution in [1.29, 1.82) is 0 Å². The molecule has 3 N–H and O–H groups in total. The molecule has 1 aromatic rings. The molecule has 1 heterocycles. The standard InChI is InChI=1S/C11H17N3O2/c1-7-13-8-4-2-3-5-9(8)14(7)10(6-12)11(15)16/h10H,2-6,12H2,1H3,(H,15,16). The minimum atomic E-state index is -0.878. The van der Waals surface area contributed by atoms with Crippen LogP contribution in [0.1, 0.15) is 36.1 Å². The molecule has 88 valence electrons. The van der Waals surface area contributed by atoms with Gasteiger partial charge < -0.3 is 15.4 Å². The van der Waals surface area contributed by atoms with E-state index in [0.717, 1.165) is 42.9 Å². The maximum Gasteiger partial charge on any atom is 0.328 e. The SMILES string of the molecule is Cc1nc2c(n1C(CN)C(=O)O)CCCC2. The third-order valence-electron chi connectivity index (χ3n) is 3.17. The lowest BCUT2D eigenvalue weighted by molar-refractivity contribution is -0.140. The fourth-order valence-electron chi connectivity index (χ4n) is 2.43. The van der Waals surface area contributed by atoms with Gasteiger partial charge in [0.2, 0.25) is 0 Å². The Morgan fingerprint density at radius 1 is 1.56 bits per heavy atom. The molecule has 0 radical (unpaired) electrons. The molecular weight excluding hydrogens is 206 g/mol. The lowest BCUT2D eigenvalue weighted by Crippen LogP contribution is -2.29. The van der Waals surface area contributed by atoms with Crippen molar-refractivity contribution >= 4 is 5.97 Å². The van der Waals surface area contributed by atoms with E-state index in [0.29, 0.717) is 0 Å². The van der Waals surface area contributed by atoms with Gasteiger partial charge in [-0.25, -0.2) is 9.78 Å². The van der Waals surface area contributed by atoms with E-state index in [9.17, 15) is 4.79 Å². The van der Waals surface area contributed by atoms with E-state index >= 15 is 0 Å². The highest BCUT2D eigenvalue weighted by Gasteiger charge is 2.26. The summed E-state index contributed by atoms with van der Waals surface area (Å²) in [5, 5.41) is 9.14. The number of nitrogens with two attached hydrogens (primary N) is 1. The number of carboxylic acids is 1. The van der Waals surface area contributed by atoms with Gasteiger partial charge >= 0.3 is 5.97 Å². The summed E-state index contributed by atoms with van der Waals surface area (Å²) in [7, 11) is 0. The predicted molar refractivity (Wildman–Crippen MR) is 59.3 cm³/mol. The van der Waals surface area contributed by atoms with Gasteiger partial charge in [0.1, 0.15) is 11.9 Å². The monoisotopic (exact) mass is 223 g/mol. The summed E-state index contributed by atoms with van der Waals surface area (Å²) in [6, 6.07) is -0.672. The number of carboxylic acid groups (broad SMARTS) is 1. The first-order valence-corrected chi connectivity index (χ1v) is 5.64. The maximum atomic E-state index is 11.1. The number of rotatable bonds is 3. The van der Waals surface area contributed by atoms with Crippen LogP contribution in [0.25, 0.3) is 0 Å². The highest BCUT2D eigenvalue weighted by atomic mass is 16.4. The van der Waals surface area contributed by atoms with Crippen LogP contribution in [0.4, 0.5) is 0 Å². The summed E-state index contributed by atoms with van der Waals surface area (Å²) < 4.78 is 1.80. The molecule has 1 aromatic heterocycles. The molecule has 0 aliphatic heterocycles. The quantitative estimate of drug-likeness (QED) is 0.788. The fourth-order valence-corrected chi connectivity index (χ4v) is 2.43. The van der Waals surface area contributed by atoms with E-state index in [2.05, 4.69) is 4.98 Å². The van der Waals surface area contributed by atoms with Crippen LogP contribution in [0.3, 0.4) is 0 Å². The van der Waals surface area contributed by atoms with Crippen LogP contribution in [0.15, 0.2) is 0 Å². The van der Waals surface area contributed by atoms with Crippen molar-refractivity contribution < 1.29 is 9.90 Å². The Bertz CT molecular complexity index is 412. The summed E-state index contributed by atoms with van der Waals surface area (Å²) in [5.74, 6) is -0.110. The molecule has 0 spiro atoms. The molecule has 1 unspecified atom stereocenters.